The average molecular weight is 243 g/mol. The first-order valence-corrected chi connectivity index (χ1v) is 5.61. The van der Waals surface area contributed by atoms with Crippen LogP contribution in [-0.4, -0.2) is 29.1 Å². The van der Waals surface area contributed by atoms with Crippen molar-refractivity contribution in [2.75, 3.05) is 7.11 Å². The van der Waals surface area contributed by atoms with Gasteiger partial charge >= 0.3 is 11.9 Å². The SMILES string of the molecule is COC(=O)CC(CC(=O)O)c1csc(C)n1. The van der Waals surface area contributed by atoms with E-state index in [0.717, 1.165) is 5.01 Å². The molecule has 0 aliphatic heterocycles. The number of aliphatic carboxylic acids is 1. The minimum Gasteiger partial charge on any atom is -0.481 e. The fraction of sp³-hybridized carbons (Fsp3) is 0.500. The van der Waals surface area contributed by atoms with Crippen LogP contribution < -0.4 is 0 Å². The molecular weight excluding hydrogens is 230 g/mol. The molecule has 5 nitrogen and oxygen atoms in total. The maximum atomic E-state index is 11.1. The minimum absolute atomic E-state index is 0.0476. The maximum Gasteiger partial charge on any atom is 0.306 e. The predicted octanol–water partition coefficient (Wildman–Crippen LogP) is 1.57. The van der Waals surface area contributed by atoms with Gasteiger partial charge in [0.2, 0.25) is 0 Å². The summed E-state index contributed by atoms with van der Waals surface area (Å²) < 4.78 is 4.53. The van der Waals surface area contributed by atoms with E-state index in [9.17, 15) is 9.59 Å². The number of carbonyl (C=O) groups excluding carboxylic acids is 1. The lowest BCUT2D eigenvalue weighted by Crippen LogP contribution is -2.13. The van der Waals surface area contributed by atoms with Crippen molar-refractivity contribution in [3.05, 3.63) is 16.1 Å². The van der Waals surface area contributed by atoms with Gasteiger partial charge < -0.3 is 9.84 Å². The van der Waals surface area contributed by atoms with Gasteiger partial charge in [-0.2, -0.15) is 0 Å². The number of hydrogen-bond donors (Lipinski definition) is 1. The number of carboxylic acids is 1. The lowest BCUT2D eigenvalue weighted by molar-refractivity contribution is -0.141. The molecule has 0 bridgehead atoms. The molecule has 16 heavy (non-hydrogen) atoms. The zero-order valence-corrected chi connectivity index (χ0v) is 9.91. The van der Waals surface area contributed by atoms with Crippen LogP contribution in [0, 0.1) is 6.92 Å². The van der Waals surface area contributed by atoms with Crippen molar-refractivity contribution in [3.8, 4) is 0 Å². The van der Waals surface area contributed by atoms with Crippen LogP contribution in [0.25, 0.3) is 0 Å². The van der Waals surface area contributed by atoms with Gasteiger partial charge in [-0.25, -0.2) is 4.98 Å². The van der Waals surface area contributed by atoms with Gasteiger partial charge in [0.1, 0.15) is 0 Å². The molecule has 0 aromatic carbocycles. The Labute approximate surface area is 97.1 Å². The van der Waals surface area contributed by atoms with Crippen molar-refractivity contribution in [1.29, 1.82) is 0 Å². The fourth-order valence-corrected chi connectivity index (χ4v) is 2.04. The van der Waals surface area contributed by atoms with Gasteiger partial charge in [0, 0.05) is 11.3 Å². The number of methoxy groups -OCH3 is 1. The average Bonchev–Trinajstić information content (AvgIpc) is 2.63. The summed E-state index contributed by atoms with van der Waals surface area (Å²) in [6, 6.07) is 0. The molecule has 1 heterocycles. The van der Waals surface area contributed by atoms with Gasteiger partial charge in [-0.15, -0.1) is 11.3 Å². The second-order valence-corrected chi connectivity index (χ2v) is 4.43. The summed E-state index contributed by atoms with van der Waals surface area (Å²) in [6.07, 6.45) is -0.0652. The summed E-state index contributed by atoms with van der Waals surface area (Å²) in [5.74, 6) is -1.77. The van der Waals surface area contributed by atoms with Crippen LogP contribution in [-0.2, 0) is 14.3 Å². The quantitative estimate of drug-likeness (QED) is 0.794. The normalized spacial score (nSPS) is 12.1. The third kappa shape index (κ3) is 3.62. The number of carbonyl (C=O) groups is 2. The minimum atomic E-state index is -0.945. The predicted molar refractivity (Wildman–Crippen MR) is 58.5 cm³/mol. The molecule has 0 saturated carbocycles. The Balaban J connectivity index is 2.78. The largest absolute Gasteiger partial charge is 0.481 e. The summed E-state index contributed by atoms with van der Waals surface area (Å²) >= 11 is 1.44. The van der Waals surface area contributed by atoms with Gasteiger partial charge in [-0.05, 0) is 6.92 Å². The first kappa shape index (κ1) is 12.6. The zero-order chi connectivity index (χ0) is 12.1. The molecule has 1 unspecified atom stereocenters. The van der Waals surface area contributed by atoms with E-state index >= 15 is 0 Å². The van der Waals surface area contributed by atoms with Gasteiger partial charge in [0.15, 0.2) is 0 Å². The summed E-state index contributed by atoms with van der Waals surface area (Å²) in [6.45, 7) is 1.84. The van der Waals surface area contributed by atoms with Gasteiger partial charge in [-0.3, -0.25) is 9.59 Å². The molecule has 0 spiro atoms. The summed E-state index contributed by atoms with van der Waals surface area (Å²) in [4.78, 5) is 26.0. The van der Waals surface area contributed by atoms with Crippen molar-refractivity contribution in [2.24, 2.45) is 0 Å². The monoisotopic (exact) mass is 243 g/mol. The molecule has 6 heteroatoms. The Morgan fingerprint density at radius 2 is 2.25 bits per heavy atom. The highest BCUT2D eigenvalue weighted by atomic mass is 32.1. The first-order valence-electron chi connectivity index (χ1n) is 4.73. The Morgan fingerprint density at radius 3 is 2.69 bits per heavy atom. The van der Waals surface area contributed by atoms with Crippen molar-refractivity contribution in [2.45, 2.75) is 25.7 Å². The maximum absolute atomic E-state index is 11.1. The van der Waals surface area contributed by atoms with E-state index in [0.29, 0.717) is 5.69 Å². The number of aryl methyl sites for hydroxylation is 1. The molecule has 88 valence electrons. The summed E-state index contributed by atoms with van der Waals surface area (Å²) in [5, 5.41) is 11.4. The summed E-state index contributed by atoms with van der Waals surface area (Å²) in [5.41, 5.74) is 0.648. The van der Waals surface area contributed by atoms with E-state index in [1.54, 1.807) is 5.38 Å². The van der Waals surface area contributed by atoms with Crippen LogP contribution in [0.15, 0.2) is 5.38 Å². The van der Waals surface area contributed by atoms with Crippen LogP contribution in [0.2, 0.25) is 0 Å². The number of nitrogens with zero attached hydrogens (tertiary/aromatic N) is 1. The fourth-order valence-electron chi connectivity index (χ4n) is 1.34. The van der Waals surface area contributed by atoms with Gasteiger partial charge in [0.05, 0.1) is 30.7 Å². The van der Waals surface area contributed by atoms with Gasteiger partial charge in [0.25, 0.3) is 0 Å². The highest BCUT2D eigenvalue weighted by Crippen LogP contribution is 2.25. The van der Waals surface area contributed by atoms with Crippen molar-refractivity contribution in [1.82, 2.24) is 4.98 Å². The Bertz CT molecular complexity index is 388. The molecule has 1 rings (SSSR count). The lowest BCUT2D eigenvalue weighted by atomic mass is 9.98. The Morgan fingerprint density at radius 1 is 1.56 bits per heavy atom. The number of hydrogen-bond acceptors (Lipinski definition) is 5. The smallest absolute Gasteiger partial charge is 0.306 e. The zero-order valence-electron chi connectivity index (χ0n) is 9.10. The molecule has 0 amide bonds. The molecule has 0 aliphatic carbocycles. The van der Waals surface area contributed by atoms with E-state index in [2.05, 4.69) is 9.72 Å². The number of ether oxygens (including phenoxy) is 1. The summed E-state index contributed by atoms with van der Waals surface area (Å²) in [7, 11) is 1.28. The number of carboxylic acid groups (broad SMARTS) is 1. The number of thiazole rings is 1. The molecular formula is C10H13NO4S. The Hall–Kier alpha value is -1.43. The van der Waals surface area contributed by atoms with E-state index in [4.69, 9.17) is 5.11 Å². The van der Waals surface area contributed by atoms with Crippen LogP contribution in [0.3, 0.4) is 0 Å². The van der Waals surface area contributed by atoms with Crippen molar-refractivity contribution in [3.63, 3.8) is 0 Å². The third-order valence-corrected chi connectivity index (χ3v) is 2.91. The molecule has 0 fully saturated rings. The van der Waals surface area contributed by atoms with Crippen LogP contribution in [0.4, 0.5) is 0 Å². The van der Waals surface area contributed by atoms with Gasteiger partial charge in [-0.1, -0.05) is 0 Å². The van der Waals surface area contributed by atoms with E-state index < -0.39 is 17.9 Å². The molecule has 1 aromatic rings. The van der Waals surface area contributed by atoms with Crippen LogP contribution >= 0.6 is 11.3 Å². The van der Waals surface area contributed by atoms with E-state index in [1.165, 1.54) is 18.4 Å². The molecule has 0 aliphatic rings. The second kappa shape index (κ2) is 5.60. The first-order chi connectivity index (χ1) is 7.52. The molecule has 1 aromatic heterocycles. The van der Waals surface area contributed by atoms with Crippen molar-refractivity contribution >= 4 is 23.3 Å². The lowest BCUT2D eigenvalue weighted by Gasteiger charge is -2.10. The molecule has 0 saturated heterocycles. The number of aromatic nitrogens is 1. The standard InChI is InChI=1S/C10H13NO4S/c1-6-11-8(5-16-6)7(3-9(12)13)4-10(14)15-2/h5,7H,3-4H2,1-2H3,(H,12,13). The van der Waals surface area contributed by atoms with E-state index in [-0.39, 0.29) is 12.8 Å². The van der Waals surface area contributed by atoms with Crippen molar-refractivity contribution < 1.29 is 19.4 Å². The second-order valence-electron chi connectivity index (χ2n) is 3.37. The highest BCUT2D eigenvalue weighted by molar-refractivity contribution is 7.09. The number of esters is 1. The molecule has 1 atom stereocenters. The van der Waals surface area contributed by atoms with Crippen LogP contribution in [0.5, 0.6) is 0 Å². The van der Waals surface area contributed by atoms with Crippen LogP contribution in [0.1, 0.15) is 29.5 Å². The number of rotatable bonds is 5. The third-order valence-electron chi connectivity index (χ3n) is 2.12. The van der Waals surface area contributed by atoms with E-state index in [1.807, 2.05) is 6.92 Å². The molecule has 0 radical (unpaired) electrons. The Kier molecular flexibility index (Phi) is 4.42. The topological polar surface area (TPSA) is 76.5 Å². The highest BCUT2D eigenvalue weighted by Gasteiger charge is 2.21. The molecule has 1 N–H and O–H groups in total.